The van der Waals surface area contributed by atoms with Crippen molar-refractivity contribution in [1.82, 2.24) is 0 Å². The molecule has 2 N–H and O–H groups in total. The average molecular weight is 513 g/mol. The lowest BCUT2D eigenvalue weighted by Crippen LogP contribution is -2.30. The van der Waals surface area contributed by atoms with Crippen LogP contribution in [0.3, 0.4) is 0 Å². The van der Waals surface area contributed by atoms with E-state index in [-0.39, 0.29) is 37.0 Å². The monoisotopic (exact) mass is 512 g/mol. The van der Waals surface area contributed by atoms with E-state index in [4.69, 9.17) is 18.9 Å². The Bertz CT molecular complexity index is 532. The summed E-state index contributed by atoms with van der Waals surface area (Å²) in [6, 6.07) is 0. The number of hydrogen-bond donors (Lipinski definition) is 2. The molecule has 0 saturated carbocycles. The van der Waals surface area contributed by atoms with Crippen LogP contribution in [0.25, 0.3) is 0 Å². The van der Waals surface area contributed by atoms with E-state index in [1.807, 2.05) is 41.5 Å². The van der Waals surface area contributed by atoms with Gasteiger partial charge in [0.15, 0.2) is 0 Å². The van der Waals surface area contributed by atoms with Crippen LogP contribution in [0.2, 0.25) is 0 Å². The van der Waals surface area contributed by atoms with E-state index < -0.39 is 17.8 Å². The summed E-state index contributed by atoms with van der Waals surface area (Å²) in [6.45, 7) is 12.8. The van der Waals surface area contributed by atoms with Crippen LogP contribution >= 0.6 is 21.6 Å². The predicted molar refractivity (Wildman–Crippen MR) is 133 cm³/mol. The fourth-order valence-corrected chi connectivity index (χ4v) is 4.09. The largest absolute Gasteiger partial charge is 0.463 e. The van der Waals surface area contributed by atoms with Crippen molar-refractivity contribution >= 4 is 33.5 Å². The van der Waals surface area contributed by atoms with E-state index in [0.29, 0.717) is 37.7 Å². The Morgan fingerprint density at radius 1 is 0.788 bits per heavy atom. The molecule has 0 aliphatic carbocycles. The topological polar surface area (TPSA) is 112 Å². The summed E-state index contributed by atoms with van der Waals surface area (Å²) in [4.78, 5) is 23.3. The fraction of sp³-hybridized carbons (Fsp3) is 0.913. The highest BCUT2D eigenvalue weighted by Gasteiger charge is 2.21. The van der Waals surface area contributed by atoms with Gasteiger partial charge in [0.05, 0.1) is 32.2 Å². The van der Waals surface area contributed by atoms with E-state index in [0.717, 1.165) is 12.8 Å². The van der Waals surface area contributed by atoms with Gasteiger partial charge in [-0.15, -0.1) is 0 Å². The van der Waals surface area contributed by atoms with Crippen LogP contribution in [0.5, 0.6) is 0 Å². The second kappa shape index (κ2) is 17.8. The Hall–Kier alpha value is -0.520. The van der Waals surface area contributed by atoms with Crippen molar-refractivity contribution in [2.24, 2.45) is 5.41 Å². The first-order valence-electron chi connectivity index (χ1n) is 11.4. The number of aliphatic hydroxyl groups excluding tert-OH is 2. The quantitative estimate of drug-likeness (QED) is 0.160. The second-order valence-electron chi connectivity index (χ2n) is 9.81. The van der Waals surface area contributed by atoms with Crippen molar-refractivity contribution in [2.75, 3.05) is 44.5 Å². The van der Waals surface area contributed by atoms with E-state index in [1.165, 1.54) is 21.6 Å². The Morgan fingerprint density at radius 2 is 1.30 bits per heavy atom. The third-order valence-corrected chi connectivity index (χ3v) is 6.54. The Labute approximate surface area is 207 Å². The highest BCUT2D eigenvalue weighted by atomic mass is 33.1. The maximum Gasteiger partial charge on any atom is 0.307 e. The maximum absolute atomic E-state index is 11.7. The predicted octanol–water partition coefficient (Wildman–Crippen LogP) is 3.61. The van der Waals surface area contributed by atoms with Gasteiger partial charge in [-0.05, 0) is 39.0 Å². The summed E-state index contributed by atoms with van der Waals surface area (Å²) in [5.74, 6) is 0.592. The summed E-state index contributed by atoms with van der Waals surface area (Å²) in [5, 5.41) is 19.7. The molecule has 196 valence electrons. The molecule has 8 nitrogen and oxygen atoms in total. The third-order valence-electron chi connectivity index (χ3n) is 4.13. The molecule has 0 aromatic carbocycles. The molecular weight excluding hydrogens is 468 g/mol. The van der Waals surface area contributed by atoms with Gasteiger partial charge in [-0.2, -0.15) is 0 Å². The molecule has 0 aliphatic rings. The zero-order valence-electron chi connectivity index (χ0n) is 21.1. The second-order valence-corrected chi connectivity index (χ2v) is 12.5. The molecule has 0 aromatic rings. The zero-order chi connectivity index (χ0) is 25.3. The molecule has 10 heteroatoms. The summed E-state index contributed by atoms with van der Waals surface area (Å²) >= 11 is 0. The molecular formula is C23H44O8S2. The third kappa shape index (κ3) is 21.7. The van der Waals surface area contributed by atoms with Gasteiger partial charge in [0, 0.05) is 24.7 Å². The van der Waals surface area contributed by atoms with Crippen LogP contribution in [0.1, 0.15) is 67.2 Å². The minimum Gasteiger partial charge on any atom is -0.463 e. The van der Waals surface area contributed by atoms with E-state index >= 15 is 0 Å². The Balaban J connectivity index is 3.53. The van der Waals surface area contributed by atoms with Gasteiger partial charge in [0.1, 0.15) is 18.3 Å². The normalized spacial score (nSPS) is 14.1. The van der Waals surface area contributed by atoms with Crippen molar-refractivity contribution in [2.45, 2.75) is 85.0 Å². The lowest BCUT2D eigenvalue weighted by atomic mass is 9.90. The van der Waals surface area contributed by atoms with Crippen LogP contribution in [0, 0.1) is 5.41 Å². The number of aliphatic hydroxyl groups is 2. The average Bonchev–Trinajstić information content (AvgIpc) is 2.68. The fourth-order valence-electron chi connectivity index (χ4n) is 2.14. The highest BCUT2D eigenvalue weighted by Crippen LogP contribution is 2.23. The molecule has 0 amide bonds. The summed E-state index contributed by atoms with van der Waals surface area (Å²) in [5.41, 5.74) is -0.663. The van der Waals surface area contributed by atoms with Crippen molar-refractivity contribution in [1.29, 1.82) is 0 Å². The minimum atomic E-state index is -0.858. The first-order chi connectivity index (χ1) is 15.3. The lowest BCUT2D eigenvalue weighted by Gasteiger charge is -2.25. The Morgan fingerprint density at radius 3 is 1.82 bits per heavy atom. The van der Waals surface area contributed by atoms with Crippen LogP contribution in [-0.4, -0.2) is 84.5 Å². The van der Waals surface area contributed by atoms with Crippen molar-refractivity contribution < 1.29 is 38.7 Å². The number of ether oxygens (including phenoxy) is 4. The van der Waals surface area contributed by atoms with Gasteiger partial charge >= 0.3 is 11.9 Å². The smallest absolute Gasteiger partial charge is 0.307 e. The number of rotatable bonds is 18. The van der Waals surface area contributed by atoms with Crippen molar-refractivity contribution in [3.05, 3.63) is 0 Å². The van der Waals surface area contributed by atoms with Crippen molar-refractivity contribution in [3.8, 4) is 0 Å². The van der Waals surface area contributed by atoms with Crippen molar-refractivity contribution in [3.63, 3.8) is 0 Å². The molecule has 0 rings (SSSR count). The van der Waals surface area contributed by atoms with Crippen LogP contribution in [-0.2, 0) is 28.5 Å². The molecule has 0 bridgehead atoms. The van der Waals surface area contributed by atoms with Crippen LogP contribution in [0.4, 0.5) is 0 Å². The maximum atomic E-state index is 11.7. The first kappa shape index (κ1) is 32.5. The molecule has 0 radical (unpaired) electrons. The summed E-state index contributed by atoms with van der Waals surface area (Å²) in [6.07, 6.45) is 0.799. The molecule has 0 fully saturated rings. The molecule has 2 unspecified atom stereocenters. The molecule has 0 spiro atoms. The van der Waals surface area contributed by atoms with Gasteiger partial charge in [-0.3, -0.25) is 9.59 Å². The van der Waals surface area contributed by atoms with Gasteiger partial charge in [-0.25, -0.2) is 0 Å². The number of unbranched alkanes of at least 4 members (excludes halogenated alkanes) is 1. The lowest BCUT2D eigenvalue weighted by molar-refractivity contribution is -0.154. The van der Waals surface area contributed by atoms with Gasteiger partial charge in [0.25, 0.3) is 0 Å². The molecule has 0 aromatic heterocycles. The number of carbonyl (C=O) groups excluding carboxylic acids is 2. The highest BCUT2D eigenvalue weighted by molar-refractivity contribution is 8.76. The first-order valence-corrected chi connectivity index (χ1v) is 13.9. The van der Waals surface area contributed by atoms with Crippen LogP contribution < -0.4 is 0 Å². The Kier molecular flexibility index (Phi) is 17.6. The van der Waals surface area contributed by atoms with E-state index in [2.05, 4.69) is 0 Å². The van der Waals surface area contributed by atoms with E-state index in [1.54, 1.807) is 0 Å². The standard InChI is InChI=1S/C23H44O8S2/c1-22(2,3)19(25)17-29-12-8-7-11-28-15-18(24)16-30-20(26)9-13-32-33-14-10-21(27)31-23(4,5)6/h18-19,24-25H,7-17H2,1-6H3. The number of esters is 2. The molecule has 2 atom stereocenters. The van der Waals surface area contributed by atoms with E-state index in [9.17, 15) is 19.8 Å². The summed E-state index contributed by atoms with van der Waals surface area (Å²) < 4.78 is 21.1. The molecule has 0 aliphatic heterocycles. The van der Waals surface area contributed by atoms with Gasteiger partial charge in [0.2, 0.25) is 0 Å². The SMILES string of the molecule is CC(C)(C)OC(=O)CCSSCCC(=O)OCC(O)COCCCCOCC(O)C(C)(C)C. The van der Waals surface area contributed by atoms with Gasteiger partial charge in [-0.1, -0.05) is 42.4 Å². The van der Waals surface area contributed by atoms with Crippen LogP contribution in [0.15, 0.2) is 0 Å². The molecule has 0 saturated heterocycles. The summed E-state index contributed by atoms with van der Waals surface area (Å²) in [7, 11) is 3.01. The number of carbonyl (C=O) groups is 2. The number of hydrogen-bond acceptors (Lipinski definition) is 10. The zero-order valence-corrected chi connectivity index (χ0v) is 22.7. The molecule has 33 heavy (non-hydrogen) atoms. The molecule has 0 heterocycles. The minimum absolute atomic E-state index is 0.0942. The van der Waals surface area contributed by atoms with Gasteiger partial charge < -0.3 is 29.2 Å².